The fourth-order valence-electron chi connectivity index (χ4n) is 2.16. The molecule has 1 aliphatic heterocycles. The molecular formula is C17H20N2O4. The Bertz CT molecular complexity index is 620. The maximum Gasteiger partial charge on any atom is 0.354 e. The van der Waals surface area contributed by atoms with Crippen LogP contribution in [0.5, 0.6) is 0 Å². The Morgan fingerprint density at radius 2 is 1.96 bits per heavy atom. The molecule has 0 fully saturated rings. The third kappa shape index (κ3) is 5.02. The zero-order valence-electron chi connectivity index (χ0n) is 13.1. The molecule has 0 saturated carbocycles. The highest BCUT2D eigenvalue weighted by molar-refractivity contribution is 6.37. The highest BCUT2D eigenvalue weighted by atomic mass is 16.5. The van der Waals surface area contributed by atoms with E-state index < -0.39 is 5.97 Å². The largest absolute Gasteiger partial charge is 0.453 e. The zero-order valence-corrected chi connectivity index (χ0v) is 13.1. The molecule has 0 bridgehead atoms. The maximum absolute atomic E-state index is 12.0. The predicted octanol–water partition coefficient (Wildman–Crippen LogP) is 2.02. The molecule has 1 aromatic carbocycles. The van der Waals surface area contributed by atoms with Crippen molar-refractivity contribution in [2.75, 3.05) is 6.61 Å². The van der Waals surface area contributed by atoms with E-state index >= 15 is 0 Å². The number of esters is 1. The first-order valence-corrected chi connectivity index (χ1v) is 7.75. The average molecular weight is 316 g/mol. The quantitative estimate of drug-likeness (QED) is 0.616. The van der Waals surface area contributed by atoms with Crippen LogP contribution in [0.4, 0.5) is 0 Å². The number of ether oxygens (including phenoxy) is 1. The maximum atomic E-state index is 12.0. The minimum atomic E-state index is -0.669. The highest BCUT2D eigenvalue weighted by Gasteiger charge is 2.20. The van der Waals surface area contributed by atoms with E-state index in [1.54, 1.807) is 12.1 Å². The third-order valence-corrected chi connectivity index (χ3v) is 3.57. The number of hydrogen-bond acceptors (Lipinski definition) is 5. The number of unbranched alkanes of at least 4 members (excludes halogenated alkanes) is 1. The van der Waals surface area contributed by atoms with Crippen LogP contribution in [0.1, 0.15) is 48.5 Å². The summed E-state index contributed by atoms with van der Waals surface area (Å²) >= 11 is 0. The molecule has 1 aliphatic rings. The van der Waals surface area contributed by atoms with E-state index in [9.17, 15) is 14.4 Å². The Morgan fingerprint density at radius 1 is 1.22 bits per heavy atom. The third-order valence-electron chi connectivity index (χ3n) is 3.57. The van der Waals surface area contributed by atoms with Crippen LogP contribution in [0.15, 0.2) is 29.4 Å². The SMILES string of the molecule is CCCCc1ccc(C(=O)COC(=O)C2=NNC(=O)CC2)cc1. The van der Waals surface area contributed by atoms with Crippen molar-refractivity contribution in [3.8, 4) is 0 Å². The van der Waals surface area contributed by atoms with Gasteiger partial charge in [-0.2, -0.15) is 5.10 Å². The van der Waals surface area contributed by atoms with E-state index in [-0.39, 0.29) is 36.9 Å². The molecule has 1 amide bonds. The van der Waals surface area contributed by atoms with Gasteiger partial charge in [-0.1, -0.05) is 37.6 Å². The lowest BCUT2D eigenvalue weighted by molar-refractivity contribution is -0.134. The first-order chi connectivity index (χ1) is 11.1. The Hall–Kier alpha value is -2.50. The number of hydrogen-bond donors (Lipinski definition) is 1. The Labute approximate surface area is 134 Å². The van der Waals surface area contributed by atoms with Gasteiger partial charge in [-0.05, 0) is 18.4 Å². The fourth-order valence-corrected chi connectivity index (χ4v) is 2.16. The summed E-state index contributed by atoms with van der Waals surface area (Å²) < 4.78 is 4.96. The van der Waals surface area contributed by atoms with Gasteiger partial charge in [0, 0.05) is 18.4 Å². The minimum Gasteiger partial charge on any atom is -0.453 e. The van der Waals surface area contributed by atoms with E-state index in [1.807, 2.05) is 12.1 Å². The second kappa shape index (κ2) is 8.22. The van der Waals surface area contributed by atoms with Gasteiger partial charge in [0.05, 0.1) is 0 Å². The summed E-state index contributed by atoms with van der Waals surface area (Å²) in [6.07, 6.45) is 3.65. The van der Waals surface area contributed by atoms with E-state index in [1.165, 1.54) is 5.56 Å². The van der Waals surface area contributed by atoms with Crippen LogP contribution in [0, 0.1) is 0 Å². The zero-order chi connectivity index (χ0) is 16.7. The minimum absolute atomic E-state index is 0.132. The van der Waals surface area contributed by atoms with E-state index in [2.05, 4.69) is 17.5 Å². The van der Waals surface area contributed by atoms with Gasteiger partial charge in [0.15, 0.2) is 12.4 Å². The molecular weight excluding hydrogens is 296 g/mol. The lowest BCUT2D eigenvalue weighted by atomic mass is 10.0. The highest BCUT2D eigenvalue weighted by Crippen LogP contribution is 2.09. The van der Waals surface area contributed by atoms with Crippen molar-refractivity contribution in [1.82, 2.24) is 5.43 Å². The van der Waals surface area contributed by atoms with Crippen molar-refractivity contribution in [2.24, 2.45) is 5.10 Å². The van der Waals surface area contributed by atoms with Crippen LogP contribution in [0.25, 0.3) is 0 Å². The van der Waals surface area contributed by atoms with Crippen molar-refractivity contribution < 1.29 is 19.1 Å². The van der Waals surface area contributed by atoms with Gasteiger partial charge in [0.25, 0.3) is 0 Å². The van der Waals surface area contributed by atoms with Crippen LogP contribution in [-0.2, 0) is 20.7 Å². The summed E-state index contributed by atoms with van der Waals surface area (Å²) in [5.74, 6) is -1.17. The topological polar surface area (TPSA) is 84.8 Å². The number of carbonyl (C=O) groups excluding carboxylic acids is 3. The number of Topliss-reactive ketones (excluding diaryl/α,β-unsaturated/α-hetero) is 1. The van der Waals surface area contributed by atoms with Crippen molar-refractivity contribution >= 4 is 23.4 Å². The molecule has 0 unspecified atom stereocenters. The number of hydrazone groups is 1. The number of ketones is 1. The van der Waals surface area contributed by atoms with Crippen LogP contribution in [-0.4, -0.2) is 30.0 Å². The number of nitrogens with zero attached hydrogens (tertiary/aromatic N) is 1. The molecule has 0 atom stereocenters. The van der Waals surface area contributed by atoms with E-state index in [4.69, 9.17) is 4.74 Å². The number of amides is 1. The van der Waals surface area contributed by atoms with Gasteiger partial charge >= 0.3 is 5.97 Å². The number of carbonyl (C=O) groups is 3. The van der Waals surface area contributed by atoms with Crippen LogP contribution >= 0.6 is 0 Å². The van der Waals surface area contributed by atoms with Crippen molar-refractivity contribution in [3.05, 3.63) is 35.4 Å². The fraction of sp³-hybridized carbons (Fsp3) is 0.412. The van der Waals surface area contributed by atoms with Crippen LogP contribution in [0.3, 0.4) is 0 Å². The summed E-state index contributed by atoms with van der Waals surface area (Å²) in [7, 11) is 0. The van der Waals surface area contributed by atoms with Gasteiger partial charge in [-0.25, -0.2) is 10.2 Å². The molecule has 2 rings (SSSR count). The number of nitrogens with one attached hydrogen (secondary N) is 1. The number of benzene rings is 1. The smallest absolute Gasteiger partial charge is 0.354 e. The van der Waals surface area contributed by atoms with Crippen LogP contribution < -0.4 is 5.43 Å². The molecule has 1 heterocycles. The Balaban J connectivity index is 1.84. The summed E-state index contributed by atoms with van der Waals surface area (Å²) in [4.78, 5) is 34.7. The standard InChI is InChI=1S/C17H20N2O4/c1-2-3-4-12-5-7-13(8-6-12)15(20)11-23-17(22)14-9-10-16(21)19-18-14/h5-8H,2-4,9-11H2,1H3,(H,19,21). The van der Waals surface area contributed by atoms with Gasteiger partial charge < -0.3 is 4.74 Å². The monoisotopic (exact) mass is 316 g/mol. The first kappa shape index (κ1) is 16.9. The molecule has 0 aromatic heterocycles. The molecule has 122 valence electrons. The molecule has 0 spiro atoms. The molecule has 6 heteroatoms. The van der Waals surface area contributed by atoms with Crippen LogP contribution in [0.2, 0.25) is 0 Å². The van der Waals surface area contributed by atoms with Gasteiger partial charge in [0.1, 0.15) is 5.71 Å². The number of rotatable bonds is 7. The molecule has 0 radical (unpaired) electrons. The molecule has 23 heavy (non-hydrogen) atoms. The number of aryl methyl sites for hydroxylation is 1. The summed E-state index contributed by atoms with van der Waals surface area (Å²) in [5.41, 5.74) is 4.05. The van der Waals surface area contributed by atoms with E-state index in [0.717, 1.165) is 19.3 Å². The molecule has 0 saturated heterocycles. The van der Waals surface area contributed by atoms with Crippen molar-refractivity contribution in [3.63, 3.8) is 0 Å². The Morgan fingerprint density at radius 3 is 2.57 bits per heavy atom. The van der Waals surface area contributed by atoms with Gasteiger partial charge in [0.2, 0.25) is 5.91 Å². The van der Waals surface area contributed by atoms with E-state index in [0.29, 0.717) is 5.56 Å². The normalized spacial score (nSPS) is 14.0. The molecule has 6 nitrogen and oxygen atoms in total. The first-order valence-electron chi connectivity index (χ1n) is 7.75. The second-order valence-electron chi connectivity index (χ2n) is 5.39. The second-order valence-corrected chi connectivity index (χ2v) is 5.39. The Kier molecular flexibility index (Phi) is 6.02. The van der Waals surface area contributed by atoms with Crippen molar-refractivity contribution in [2.45, 2.75) is 39.0 Å². The summed E-state index contributed by atoms with van der Waals surface area (Å²) in [6, 6.07) is 7.34. The van der Waals surface area contributed by atoms with Gasteiger partial charge in [-0.3, -0.25) is 9.59 Å². The average Bonchev–Trinajstić information content (AvgIpc) is 2.58. The van der Waals surface area contributed by atoms with Gasteiger partial charge in [-0.15, -0.1) is 0 Å². The lowest BCUT2D eigenvalue weighted by Gasteiger charge is -2.11. The predicted molar refractivity (Wildman–Crippen MR) is 85.2 cm³/mol. The lowest BCUT2D eigenvalue weighted by Crippen LogP contribution is -2.31. The summed E-state index contributed by atoms with van der Waals surface area (Å²) in [5, 5.41) is 3.63. The van der Waals surface area contributed by atoms with Crippen molar-refractivity contribution in [1.29, 1.82) is 0 Å². The summed E-state index contributed by atoms with van der Waals surface area (Å²) in [6.45, 7) is 1.80. The molecule has 1 N–H and O–H groups in total. The molecule has 1 aromatic rings. The molecule has 0 aliphatic carbocycles.